The summed E-state index contributed by atoms with van der Waals surface area (Å²) < 4.78 is 14.4. The van der Waals surface area contributed by atoms with Crippen LogP contribution in [0.5, 0.6) is 0 Å². The Hall–Kier alpha value is -0.900. The minimum absolute atomic E-state index is 0.176. The van der Waals surface area contributed by atoms with E-state index in [1.165, 1.54) is 12.5 Å². The fraction of sp³-hybridized carbons (Fsp3) is 0.500. The van der Waals surface area contributed by atoms with Crippen LogP contribution < -0.4 is 0 Å². The van der Waals surface area contributed by atoms with Crippen LogP contribution in [0.25, 0.3) is 0 Å². The van der Waals surface area contributed by atoms with E-state index in [1.807, 2.05) is 0 Å². The van der Waals surface area contributed by atoms with Crippen molar-refractivity contribution in [3.05, 3.63) is 34.1 Å². The Morgan fingerprint density at radius 2 is 2.33 bits per heavy atom. The predicted molar refractivity (Wildman–Crippen MR) is 73.0 cm³/mol. The molecule has 4 heteroatoms. The molecule has 2 rings (SSSR count). The number of benzene rings is 1. The molecule has 1 fully saturated rings. The number of amides is 1. The highest BCUT2D eigenvalue weighted by Crippen LogP contribution is 2.22. The Morgan fingerprint density at radius 3 is 3.00 bits per heavy atom. The van der Waals surface area contributed by atoms with Crippen molar-refractivity contribution >= 4 is 21.8 Å². The number of nitrogens with zero attached hydrogens (tertiary/aromatic N) is 1. The summed E-state index contributed by atoms with van der Waals surface area (Å²) in [5.74, 6) is -0.0765. The first-order valence-electron chi connectivity index (χ1n) is 6.36. The molecule has 1 aliphatic rings. The lowest BCUT2D eigenvalue weighted by Gasteiger charge is -2.32. The first-order valence-corrected chi connectivity index (χ1v) is 7.15. The van der Waals surface area contributed by atoms with Crippen LogP contribution in [0.3, 0.4) is 0 Å². The van der Waals surface area contributed by atoms with Gasteiger partial charge in [-0.25, -0.2) is 4.39 Å². The predicted octanol–water partition coefficient (Wildman–Crippen LogP) is 3.85. The van der Waals surface area contributed by atoms with E-state index in [-0.39, 0.29) is 11.5 Å². The average molecular weight is 314 g/mol. The van der Waals surface area contributed by atoms with Gasteiger partial charge >= 0.3 is 0 Å². The maximum absolute atomic E-state index is 13.8. The van der Waals surface area contributed by atoms with Crippen molar-refractivity contribution in [3.63, 3.8) is 0 Å². The van der Waals surface area contributed by atoms with Crippen molar-refractivity contribution in [1.82, 2.24) is 4.90 Å². The second kappa shape index (κ2) is 5.83. The Morgan fingerprint density at radius 1 is 1.56 bits per heavy atom. The van der Waals surface area contributed by atoms with E-state index in [1.54, 1.807) is 17.0 Å². The first-order chi connectivity index (χ1) is 8.61. The highest BCUT2D eigenvalue weighted by molar-refractivity contribution is 9.10. The second-order valence-electron chi connectivity index (χ2n) is 4.79. The zero-order valence-corrected chi connectivity index (χ0v) is 12.0. The maximum Gasteiger partial charge on any atom is 0.256 e. The topological polar surface area (TPSA) is 20.3 Å². The maximum atomic E-state index is 13.8. The lowest BCUT2D eigenvalue weighted by atomic mass is 9.95. The van der Waals surface area contributed by atoms with Crippen molar-refractivity contribution < 1.29 is 9.18 Å². The van der Waals surface area contributed by atoms with E-state index in [0.717, 1.165) is 25.9 Å². The zero-order chi connectivity index (χ0) is 13.1. The van der Waals surface area contributed by atoms with Crippen LogP contribution in [0.1, 0.15) is 36.5 Å². The lowest BCUT2D eigenvalue weighted by molar-refractivity contribution is 0.0666. The molecule has 0 aromatic heterocycles. The SMILES string of the molecule is CCC1CCCN(C(=O)c2ccc(Br)cc2F)C1. The van der Waals surface area contributed by atoms with E-state index in [2.05, 4.69) is 22.9 Å². The summed E-state index contributed by atoms with van der Waals surface area (Å²) in [5, 5.41) is 0. The molecule has 0 aliphatic carbocycles. The quantitative estimate of drug-likeness (QED) is 0.812. The van der Waals surface area contributed by atoms with Gasteiger partial charge in [0.25, 0.3) is 5.91 Å². The molecular formula is C14H17BrFNO. The van der Waals surface area contributed by atoms with Gasteiger partial charge < -0.3 is 4.90 Å². The van der Waals surface area contributed by atoms with Crippen LogP contribution in [-0.4, -0.2) is 23.9 Å². The Balaban J connectivity index is 2.15. The molecule has 1 amide bonds. The number of carbonyl (C=O) groups is 1. The zero-order valence-electron chi connectivity index (χ0n) is 10.5. The number of piperidine rings is 1. The lowest BCUT2D eigenvalue weighted by Crippen LogP contribution is -2.40. The molecule has 98 valence electrons. The highest BCUT2D eigenvalue weighted by Gasteiger charge is 2.25. The second-order valence-corrected chi connectivity index (χ2v) is 5.71. The first kappa shape index (κ1) is 13.5. The van der Waals surface area contributed by atoms with Gasteiger partial charge in [-0.1, -0.05) is 29.3 Å². The van der Waals surface area contributed by atoms with E-state index in [4.69, 9.17) is 0 Å². The van der Waals surface area contributed by atoms with Gasteiger partial charge in [-0.3, -0.25) is 4.79 Å². The minimum Gasteiger partial charge on any atom is -0.338 e. The van der Waals surface area contributed by atoms with Gasteiger partial charge in [0.05, 0.1) is 5.56 Å². The fourth-order valence-corrected chi connectivity index (χ4v) is 2.75. The van der Waals surface area contributed by atoms with Crippen LogP contribution in [0.2, 0.25) is 0 Å². The number of hydrogen-bond donors (Lipinski definition) is 0. The average Bonchev–Trinajstić information content (AvgIpc) is 2.38. The number of likely N-dealkylation sites (tertiary alicyclic amines) is 1. The normalized spacial score (nSPS) is 19.9. The molecule has 0 N–H and O–H groups in total. The highest BCUT2D eigenvalue weighted by atomic mass is 79.9. The van der Waals surface area contributed by atoms with Crippen molar-refractivity contribution in [3.8, 4) is 0 Å². The number of carbonyl (C=O) groups excluding carboxylic acids is 1. The summed E-state index contributed by atoms with van der Waals surface area (Å²) in [4.78, 5) is 14.0. The van der Waals surface area contributed by atoms with Crippen molar-refractivity contribution in [2.24, 2.45) is 5.92 Å². The molecule has 1 saturated heterocycles. The smallest absolute Gasteiger partial charge is 0.256 e. The van der Waals surface area contributed by atoms with Gasteiger partial charge in [0.1, 0.15) is 5.82 Å². The molecule has 1 aromatic carbocycles. The molecule has 1 aromatic rings. The van der Waals surface area contributed by atoms with E-state index >= 15 is 0 Å². The molecule has 1 unspecified atom stereocenters. The largest absolute Gasteiger partial charge is 0.338 e. The third kappa shape index (κ3) is 2.91. The third-order valence-electron chi connectivity index (χ3n) is 3.55. The van der Waals surface area contributed by atoms with Crippen molar-refractivity contribution in [1.29, 1.82) is 0 Å². The third-order valence-corrected chi connectivity index (χ3v) is 4.04. The van der Waals surface area contributed by atoms with Gasteiger partial charge in [-0.05, 0) is 37.0 Å². The molecule has 1 atom stereocenters. The summed E-state index contributed by atoms with van der Waals surface area (Å²) in [6.45, 7) is 3.63. The summed E-state index contributed by atoms with van der Waals surface area (Å²) in [6.07, 6.45) is 3.26. The Kier molecular flexibility index (Phi) is 4.38. The van der Waals surface area contributed by atoms with Gasteiger partial charge in [0, 0.05) is 17.6 Å². The van der Waals surface area contributed by atoms with Gasteiger partial charge in [-0.2, -0.15) is 0 Å². The summed E-state index contributed by atoms with van der Waals surface area (Å²) in [5.41, 5.74) is 0.176. The van der Waals surface area contributed by atoms with E-state index in [0.29, 0.717) is 10.4 Å². The molecule has 2 nitrogen and oxygen atoms in total. The van der Waals surface area contributed by atoms with Crippen LogP contribution in [0, 0.1) is 11.7 Å². The molecule has 18 heavy (non-hydrogen) atoms. The number of halogens is 2. The van der Waals surface area contributed by atoms with Crippen LogP contribution in [0.15, 0.2) is 22.7 Å². The molecule has 0 spiro atoms. The molecule has 0 radical (unpaired) electrons. The van der Waals surface area contributed by atoms with E-state index < -0.39 is 5.82 Å². The molecule has 0 bridgehead atoms. The summed E-state index contributed by atoms with van der Waals surface area (Å²) in [7, 11) is 0. The molecular weight excluding hydrogens is 297 g/mol. The van der Waals surface area contributed by atoms with Gasteiger partial charge in [0.2, 0.25) is 0 Å². The Bertz CT molecular complexity index is 449. The summed E-state index contributed by atoms with van der Waals surface area (Å²) in [6, 6.07) is 4.60. The number of rotatable bonds is 2. The fourth-order valence-electron chi connectivity index (χ4n) is 2.42. The Labute approximate surface area is 115 Å². The summed E-state index contributed by atoms with van der Waals surface area (Å²) >= 11 is 3.20. The van der Waals surface area contributed by atoms with E-state index in [9.17, 15) is 9.18 Å². The molecule has 1 aliphatic heterocycles. The standard InChI is InChI=1S/C14H17BrFNO/c1-2-10-4-3-7-17(9-10)14(18)12-6-5-11(15)8-13(12)16/h5-6,8,10H,2-4,7,9H2,1H3. The van der Waals surface area contributed by atoms with Crippen molar-refractivity contribution in [2.45, 2.75) is 26.2 Å². The van der Waals surface area contributed by atoms with Crippen LogP contribution >= 0.6 is 15.9 Å². The van der Waals surface area contributed by atoms with Gasteiger partial charge in [-0.15, -0.1) is 0 Å². The molecule has 1 heterocycles. The monoisotopic (exact) mass is 313 g/mol. The van der Waals surface area contributed by atoms with Crippen molar-refractivity contribution in [2.75, 3.05) is 13.1 Å². The minimum atomic E-state index is -0.451. The molecule has 0 saturated carbocycles. The number of hydrogen-bond acceptors (Lipinski definition) is 1. The van der Waals surface area contributed by atoms with Gasteiger partial charge in [0.15, 0.2) is 0 Å². The van der Waals surface area contributed by atoms with Crippen LogP contribution in [-0.2, 0) is 0 Å². The van der Waals surface area contributed by atoms with Crippen LogP contribution in [0.4, 0.5) is 4.39 Å².